The summed E-state index contributed by atoms with van der Waals surface area (Å²) in [4.78, 5) is 31.8. The number of hydrogen-bond donors (Lipinski definition) is 0. The normalized spacial score (nSPS) is 15.9. The largest absolute Gasteiger partial charge is 0.341 e. The maximum Gasteiger partial charge on any atom is 0.245 e. The van der Waals surface area contributed by atoms with Crippen LogP contribution in [0.2, 0.25) is 0 Å². The van der Waals surface area contributed by atoms with E-state index >= 15 is 0 Å². The van der Waals surface area contributed by atoms with Crippen molar-refractivity contribution in [1.82, 2.24) is 14.5 Å². The molecule has 3 aromatic rings. The number of ketones is 1. The van der Waals surface area contributed by atoms with Crippen LogP contribution in [0.15, 0.2) is 36.7 Å². The van der Waals surface area contributed by atoms with Gasteiger partial charge in [-0.2, -0.15) is 0 Å². The van der Waals surface area contributed by atoms with E-state index in [1.165, 1.54) is 6.33 Å². The van der Waals surface area contributed by atoms with Crippen LogP contribution in [-0.4, -0.2) is 39.2 Å². The highest BCUT2D eigenvalue weighted by atomic mass is 19.2. The van der Waals surface area contributed by atoms with Gasteiger partial charge in [0.15, 0.2) is 17.4 Å². The molecule has 1 fully saturated rings. The van der Waals surface area contributed by atoms with Gasteiger partial charge >= 0.3 is 0 Å². The molecule has 1 aromatic heterocycles. The van der Waals surface area contributed by atoms with Crippen LogP contribution in [0.3, 0.4) is 0 Å². The number of benzene rings is 2. The summed E-state index contributed by atoms with van der Waals surface area (Å²) < 4.78 is 56.4. The van der Waals surface area contributed by atoms with Crippen LogP contribution >= 0.6 is 0 Å². The van der Waals surface area contributed by atoms with Gasteiger partial charge in [-0.3, -0.25) is 9.59 Å². The van der Waals surface area contributed by atoms with Gasteiger partial charge in [-0.15, -0.1) is 0 Å². The molecule has 5 nitrogen and oxygen atoms in total. The van der Waals surface area contributed by atoms with Gasteiger partial charge in [0, 0.05) is 31.1 Å². The van der Waals surface area contributed by atoms with E-state index in [1.807, 2.05) is 13.8 Å². The van der Waals surface area contributed by atoms with Gasteiger partial charge in [-0.25, -0.2) is 22.5 Å². The third kappa shape index (κ3) is 4.36. The second kappa shape index (κ2) is 8.96. The van der Waals surface area contributed by atoms with E-state index in [0.717, 1.165) is 30.3 Å². The number of carbonyl (C=O) groups excluding carboxylic acids is 2. The standard InChI is InChI=1S/C24H23F4N3O2/c1-13(2)22(31-12-29-20-10-18(27)19(28)11-21(20)31)24(33)30-7-5-14(6-8-30)23(32)16-9-15(25)3-4-17(16)26/h3-4,9-14,22H,5-8H2,1-2H3. The van der Waals surface area contributed by atoms with Gasteiger partial charge in [0.1, 0.15) is 17.7 Å². The third-order valence-corrected chi connectivity index (χ3v) is 6.17. The number of aromatic nitrogens is 2. The predicted octanol–water partition coefficient (Wildman–Crippen LogP) is 4.91. The minimum absolute atomic E-state index is 0.177. The fourth-order valence-corrected chi connectivity index (χ4v) is 4.43. The Morgan fingerprint density at radius 2 is 1.64 bits per heavy atom. The highest BCUT2D eigenvalue weighted by Crippen LogP contribution is 2.30. The molecule has 0 bridgehead atoms. The number of amides is 1. The number of rotatable bonds is 5. The van der Waals surface area contributed by atoms with Crippen molar-refractivity contribution in [3.8, 4) is 0 Å². The summed E-state index contributed by atoms with van der Waals surface area (Å²) in [6.07, 6.45) is 2.03. The minimum Gasteiger partial charge on any atom is -0.341 e. The lowest BCUT2D eigenvalue weighted by atomic mass is 9.88. The maximum atomic E-state index is 14.0. The van der Waals surface area contributed by atoms with Crippen molar-refractivity contribution in [3.63, 3.8) is 0 Å². The summed E-state index contributed by atoms with van der Waals surface area (Å²) in [6.45, 7) is 4.23. The van der Waals surface area contributed by atoms with Crippen molar-refractivity contribution < 1.29 is 27.2 Å². The molecule has 2 heterocycles. The zero-order valence-electron chi connectivity index (χ0n) is 18.2. The average Bonchev–Trinajstić information content (AvgIpc) is 3.17. The Kier molecular flexibility index (Phi) is 6.23. The fourth-order valence-electron chi connectivity index (χ4n) is 4.43. The highest BCUT2D eigenvalue weighted by Gasteiger charge is 2.34. The van der Waals surface area contributed by atoms with Gasteiger partial charge in [0.2, 0.25) is 5.91 Å². The molecule has 33 heavy (non-hydrogen) atoms. The van der Waals surface area contributed by atoms with Crippen LogP contribution in [-0.2, 0) is 4.79 Å². The van der Waals surface area contributed by atoms with Crippen molar-refractivity contribution in [2.75, 3.05) is 13.1 Å². The second-order valence-corrected chi connectivity index (χ2v) is 8.68. The predicted molar refractivity (Wildman–Crippen MR) is 114 cm³/mol. The molecule has 0 spiro atoms. The number of imidazole rings is 1. The molecule has 9 heteroatoms. The number of likely N-dealkylation sites (tertiary alicyclic amines) is 1. The van der Waals surface area contributed by atoms with Gasteiger partial charge in [0.25, 0.3) is 0 Å². The van der Waals surface area contributed by atoms with Crippen LogP contribution in [0.5, 0.6) is 0 Å². The number of piperidine rings is 1. The average molecular weight is 461 g/mol. The Morgan fingerprint density at radius 1 is 0.970 bits per heavy atom. The van der Waals surface area contributed by atoms with Gasteiger partial charge in [-0.1, -0.05) is 13.8 Å². The molecule has 1 atom stereocenters. The number of hydrogen-bond acceptors (Lipinski definition) is 3. The SMILES string of the molecule is CC(C)C(C(=O)N1CCC(C(=O)c2cc(F)ccc2F)CC1)n1cnc2cc(F)c(F)cc21. The number of halogens is 4. The van der Waals surface area contributed by atoms with Gasteiger partial charge < -0.3 is 9.47 Å². The molecular formula is C24H23F4N3O2. The van der Waals surface area contributed by atoms with Crippen molar-refractivity contribution in [1.29, 1.82) is 0 Å². The Balaban J connectivity index is 1.52. The summed E-state index contributed by atoms with van der Waals surface area (Å²) >= 11 is 0. The summed E-state index contributed by atoms with van der Waals surface area (Å²) in [5.41, 5.74) is 0.278. The molecule has 0 aliphatic carbocycles. The summed E-state index contributed by atoms with van der Waals surface area (Å²) in [6, 6.07) is 4.10. The van der Waals surface area contributed by atoms with E-state index in [4.69, 9.17) is 0 Å². The third-order valence-electron chi connectivity index (χ3n) is 6.17. The Morgan fingerprint density at radius 3 is 2.30 bits per heavy atom. The Bertz CT molecular complexity index is 1220. The molecule has 1 unspecified atom stereocenters. The first-order valence-corrected chi connectivity index (χ1v) is 10.8. The lowest BCUT2D eigenvalue weighted by Crippen LogP contribution is -2.44. The first-order valence-electron chi connectivity index (χ1n) is 10.8. The maximum absolute atomic E-state index is 14.0. The lowest BCUT2D eigenvalue weighted by molar-refractivity contribution is -0.137. The second-order valence-electron chi connectivity index (χ2n) is 8.68. The molecule has 0 saturated carbocycles. The Hall–Kier alpha value is -3.23. The summed E-state index contributed by atoms with van der Waals surface area (Å²) in [5.74, 6) is -4.89. The number of Topliss-reactive ketones (excluding diaryl/α,β-unsaturated/α-hetero) is 1. The van der Waals surface area contributed by atoms with E-state index in [1.54, 1.807) is 9.47 Å². The van der Waals surface area contributed by atoms with Crippen molar-refractivity contribution in [3.05, 3.63) is 65.5 Å². The van der Waals surface area contributed by atoms with Crippen LogP contribution in [0, 0.1) is 35.1 Å². The molecule has 1 amide bonds. The molecule has 0 N–H and O–H groups in total. The fraction of sp³-hybridized carbons (Fsp3) is 0.375. The molecular weight excluding hydrogens is 438 g/mol. The topological polar surface area (TPSA) is 55.2 Å². The Labute approximate surface area is 188 Å². The van der Waals surface area contributed by atoms with Crippen molar-refractivity contribution in [2.24, 2.45) is 11.8 Å². The van der Waals surface area contributed by atoms with Crippen LogP contribution in [0.4, 0.5) is 17.6 Å². The smallest absolute Gasteiger partial charge is 0.245 e. The van der Waals surface area contributed by atoms with E-state index in [2.05, 4.69) is 4.98 Å². The minimum atomic E-state index is -1.02. The lowest BCUT2D eigenvalue weighted by Gasteiger charge is -2.35. The van der Waals surface area contributed by atoms with E-state index in [0.29, 0.717) is 18.4 Å². The molecule has 4 rings (SSSR count). The highest BCUT2D eigenvalue weighted by molar-refractivity contribution is 5.98. The molecule has 1 aliphatic heterocycles. The quantitative estimate of drug-likeness (QED) is 0.401. The van der Waals surface area contributed by atoms with Crippen LogP contribution in [0.25, 0.3) is 11.0 Å². The van der Waals surface area contributed by atoms with E-state index < -0.39 is 41.0 Å². The van der Waals surface area contributed by atoms with Crippen molar-refractivity contribution in [2.45, 2.75) is 32.7 Å². The van der Waals surface area contributed by atoms with Gasteiger partial charge in [-0.05, 0) is 37.0 Å². The van der Waals surface area contributed by atoms with E-state index in [-0.39, 0.29) is 36.0 Å². The van der Waals surface area contributed by atoms with Crippen molar-refractivity contribution >= 4 is 22.7 Å². The zero-order valence-corrected chi connectivity index (χ0v) is 18.2. The number of carbonyl (C=O) groups is 2. The summed E-state index contributed by atoms with van der Waals surface area (Å²) in [5, 5.41) is 0. The first kappa shape index (κ1) is 22.9. The molecule has 174 valence electrons. The summed E-state index contributed by atoms with van der Waals surface area (Å²) in [7, 11) is 0. The first-order chi connectivity index (χ1) is 15.7. The van der Waals surface area contributed by atoms with Crippen LogP contribution < -0.4 is 0 Å². The number of fused-ring (bicyclic) bond motifs is 1. The van der Waals surface area contributed by atoms with Crippen LogP contribution in [0.1, 0.15) is 43.1 Å². The van der Waals surface area contributed by atoms with Gasteiger partial charge in [0.05, 0.1) is 22.9 Å². The molecule has 2 aromatic carbocycles. The monoisotopic (exact) mass is 461 g/mol. The number of nitrogens with zero attached hydrogens (tertiary/aromatic N) is 3. The zero-order chi connectivity index (χ0) is 23.9. The molecule has 0 radical (unpaired) electrons. The molecule has 1 aliphatic rings. The van der Waals surface area contributed by atoms with E-state index in [9.17, 15) is 27.2 Å². The molecule has 1 saturated heterocycles.